The zero-order chi connectivity index (χ0) is 56.8. The Balaban J connectivity index is -0.000000256. The molecule has 21 heteroatoms. The highest BCUT2D eigenvalue weighted by Gasteiger charge is 2.19. The van der Waals surface area contributed by atoms with E-state index in [9.17, 15) is 32.0 Å². The van der Waals surface area contributed by atoms with Crippen molar-refractivity contribution in [2.75, 3.05) is 114 Å². The molecule has 0 bridgehead atoms. The summed E-state index contributed by atoms with van der Waals surface area (Å²) in [7, 11) is -14.3. The Kier molecular flexibility index (Phi) is 44.6. The average molecular weight is 1140 g/mol. The lowest BCUT2D eigenvalue weighted by molar-refractivity contribution is 0.341. The van der Waals surface area contributed by atoms with Gasteiger partial charge in [0.1, 0.15) is 23.0 Å². The summed E-state index contributed by atoms with van der Waals surface area (Å²) in [6.07, 6.45) is 1.40. The molecule has 1 atom stereocenters. The molecule has 1 unspecified atom stereocenters. The largest absolute Gasteiger partial charge is 0.443 e. The summed E-state index contributed by atoms with van der Waals surface area (Å²) >= 11 is 0. The molecule has 14 nitrogen and oxygen atoms in total. The van der Waals surface area contributed by atoms with Crippen molar-refractivity contribution in [1.29, 1.82) is 0 Å². The first-order valence-electron chi connectivity index (χ1n) is 23.2. The van der Waals surface area contributed by atoms with E-state index >= 15 is 0 Å². The predicted molar refractivity (Wildman–Crippen MR) is 312 cm³/mol. The van der Waals surface area contributed by atoms with Gasteiger partial charge in [0.25, 0.3) is 0 Å². The molecule has 4 aromatic carbocycles. The standard InChI is InChI=1S/C13H23O6P3.C13H12.C8H11O2P.C4H11O2P.2C3H9O2P.3C2H6/c1-7-22(6,16)19-13-9-11(17-20(2,3)14)8-12(10-13)18-21(4,5)15;1-3-7-12(8-4-1)11-13-9-5-2-6-10-13;1-11(2,9)10-8-6-4-3-5-7-8;1-4-6-7(2,3)5;2*1-5-6(2,3)4;3*1-2/h8-10H,7H2,1-6H3;1-10H,11H2;3-7H,1-2H3;4H2,1-3H3;2*1-3H3;3*1-2H3. The second-order valence-corrected chi connectivity index (χ2v) is 35.5. The number of hydrogen-bond acceptors (Lipinski definition) is 14. The van der Waals surface area contributed by atoms with Crippen LogP contribution < -0.4 is 18.1 Å². The van der Waals surface area contributed by atoms with E-state index < -0.39 is 51.6 Å². The second kappa shape index (κ2) is 40.9. The van der Waals surface area contributed by atoms with Crippen molar-refractivity contribution in [2.45, 2.75) is 61.8 Å². The molecular weight excluding hydrogens is 1040 g/mol. The lowest BCUT2D eigenvalue weighted by Crippen LogP contribution is -1.97. The van der Waals surface area contributed by atoms with E-state index in [1.165, 1.54) is 76.9 Å². The summed E-state index contributed by atoms with van der Waals surface area (Å²) in [6, 6.07) is 34.7. The molecule has 0 saturated carbocycles. The number of benzene rings is 4. The highest BCUT2D eigenvalue weighted by Crippen LogP contribution is 2.49. The van der Waals surface area contributed by atoms with Crippen molar-refractivity contribution in [3.05, 3.63) is 120 Å². The highest BCUT2D eigenvalue weighted by molar-refractivity contribution is 7.59. The van der Waals surface area contributed by atoms with Gasteiger partial charge in [-0.3, -0.25) is 32.0 Å². The smallest absolute Gasteiger partial charge is 0.244 e. The lowest BCUT2D eigenvalue weighted by atomic mass is 10.1. The van der Waals surface area contributed by atoms with Crippen molar-refractivity contribution in [2.24, 2.45) is 0 Å². The summed E-state index contributed by atoms with van der Waals surface area (Å²) in [5, 5.41) is 0. The first-order valence-corrected chi connectivity index (χ1v) is 40.6. The molecule has 0 spiro atoms. The van der Waals surface area contributed by atoms with E-state index in [0.717, 1.165) is 6.42 Å². The van der Waals surface area contributed by atoms with Crippen LogP contribution >= 0.6 is 51.6 Å². The zero-order valence-electron chi connectivity index (χ0n) is 47.4. The Morgan fingerprint density at radius 1 is 0.352 bits per heavy atom. The van der Waals surface area contributed by atoms with Gasteiger partial charge in [-0.2, -0.15) is 0 Å². The van der Waals surface area contributed by atoms with Crippen LogP contribution in [0.2, 0.25) is 0 Å². The Morgan fingerprint density at radius 3 is 0.817 bits per heavy atom. The average Bonchev–Trinajstić information content (AvgIpc) is 3.25. The van der Waals surface area contributed by atoms with Gasteiger partial charge in [-0.05, 0) is 36.6 Å². The Hall–Kier alpha value is -2.43. The third-order valence-corrected chi connectivity index (χ3v) is 13.2. The van der Waals surface area contributed by atoms with Gasteiger partial charge in [-0.25, -0.2) is 0 Å². The normalized spacial score (nSPS) is 11.6. The molecule has 4 aromatic rings. The molecular formula is C50H93O14P7. The lowest BCUT2D eigenvalue weighted by Gasteiger charge is -2.18. The van der Waals surface area contributed by atoms with E-state index in [4.69, 9.17) is 22.6 Å². The molecule has 0 aromatic heterocycles. The topological polar surface area (TPSA) is 184 Å². The Labute approximate surface area is 432 Å². The molecule has 0 radical (unpaired) electrons. The summed E-state index contributed by atoms with van der Waals surface area (Å²) in [4.78, 5) is 0. The van der Waals surface area contributed by atoms with E-state index in [0.29, 0.717) is 18.5 Å². The minimum absolute atomic E-state index is 0.255. The molecule has 0 aliphatic heterocycles. The van der Waals surface area contributed by atoms with Crippen LogP contribution in [0.1, 0.15) is 66.5 Å². The molecule has 0 fully saturated rings. The molecule has 0 aliphatic carbocycles. The fourth-order valence-corrected chi connectivity index (χ4v) is 7.13. The van der Waals surface area contributed by atoms with Crippen LogP contribution in [0, 0.1) is 0 Å². The summed E-state index contributed by atoms with van der Waals surface area (Å²) in [5.41, 5.74) is 2.74. The van der Waals surface area contributed by atoms with Gasteiger partial charge in [0.05, 0.1) is 6.61 Å². The molecule has 4 rings (SSSR count). The van der Waals surface area contributed by atoms with Crippen molar-refractivity contribution in [1.82, 2.24) is 0 Å². The van der Waals surface area contributed by atoms with Crippen LogP contribution in [0.3, 0.4) is 0 Å². The van der Waals surface area contributed by atoms with E-state index in [-0.39, 0.29) is 17.2 Å². The Bertz CT molecular complexity index is 2160. The van der Waals surface area contributed by atoms with Gasteiger partial charge in [0.15, 0.2) is 22.1 Å². The van der Waals surface area contributed by atoms with Crippen molar-refractivity contribution >= 4 is 51.6 Å². The summed E-state index contributed by atoms with van der Waals surface area (Å²) in [6.45, 7) is 36.3. The fourth-order valence-electron chi connectivity index (χ4n) is 3.97. The molecule has 0 amide bonds. The zero-order valence-corrected chi connectivity index (χ0v) is 53.6. The van der Waals surface area contributed by atoms with E-state index in [1.54, 1.807) is 72.4 Å². The number of para-hydroxylation sites is 1. The van der Waals surface area contributed by atoms with Gasteiger partial charge in [-0.15, -0.1) is 0 Å². The quantitative estimate of drug-likeness (QED) is 0.102. The summed E-state index contributed by atoms with van der Waals surface area (Å²) < 4.78 is 113. The third-order valence-electron chi connectivity index (χ3n) is 6.86. The van der Waals surface area contributed by atoms with Crippen LogP contribution in [0.15, 0.2) is 109 Å². The van der Waals surface area contributed by atoms with Gasteiger partial charge in [0.2, 0.25) is 29.5 Å². The van der Waals surface area contributed by atoms with Crippen molar-refractivity contribution in [3.63, 3.8) is 0 Å². The highest BCUT2D eigenvalue weighted by atomic mass is 31.2. The minimum atomic E-state index is -2.79. The monoisotopic (exact) mass is 1130 g/mol. The Morgan fingerprint density at radius 2 is 0.606 bits per heavy atom. The van der Waals surface area contributed by atoms with Gasteiger partial charge in [0, 0.05) is 125 Å². The van der Waals surface area contributed by atoms with Crippen LogP contribution in [0.4, 0.5) is 0 Å². The number of hydrogen-bond donors (Lipinski definition) is 0. The first-order chi connectivity index (χ1) is 32.5. The summed E-state index contributed by atoms with van der Waals surface area (Å²) in [5.74, 6) is 1.44. The van der Waals surface area contributed by atoms with Crippen LogP contribution in [0.5, 0.6) is 23.0 Å². The van der Waals surface area contributed by atoms with Gasteiger partial charge in [-0.1, -0.05) is 127 Å². The maximum absolute atomic E-state index is 12.1. The van der Waals surface area contributed by atoms with Gasteiger partial charge >= 0.3 is 0 Å². The molecule has 71 heavy (non-hydrogen) atoms. The minimum Gasteiger partial charge on any atom is -0.443 e. The maximum Gasteiger partial charge on any atom is 0.244 e. The molecule has 0 N–H and O–H groups in total. The SMILES string of the molecule is CC.CC.CC.CCOP(C)(C)=O.CCP(C)(=O)Oc1cc(OP(C)(C)=O)cc(OP(C)(C)=O)c1.COP(C)(C)=O.COP(C)(C)=O.CP(C)(=O)Oc1ccccc1.c1ccc(Cc2ccccc2)cc1. The molecule has 412 valence electrons. The van der Waals surface area contributed by atoms with Crippen molar-refractivity contribution < 1.29 is 63.6 Å². The van der Waals surface area contributed by atoms with Crippen molar-refractivity contribution in [3.8, 4) is 23.0 Å². The van der Waals surface area contributed by atoms with Crippen LogP contribution in [-0.4, -0.2) is 114 Å². The van der Waals surface area contributed by atoms with E-state index in [2.05, 4.69) is 69.7 Å². The third kappa shape index (κ3) is 58.3. The fraction of sp³-hybridized carbons (Fsp3) is 0.520. The van der Waals surface area contributed by atoms with Gasteiger partial charge < -0.3 is 31.7 Å². The van der Waals surface area contributed by atoms with E-state index in [1.807, 2.05) is 66.7 Å². The second-order valence-electron chi connectivity index (χ2n) is 16.1. The molecule has 0 aliphatic rings. The number of rotatable bonds is 15. The molecule has 0 saturated heterocycles. The molecule has 0 heterocycles. The van der Waals surface area contributed by atoms with Crippen LogP contribution in [-0.2, 0) is 51.9 Å². The maximum atomic E-state index is 12.1. The predicted octanol–water partition coefficient (Wildman–Crippen LogP) is 17.7. The van der Waals surface area contributed by atoms with Crippen LogP contribution in [0.25, 0.3) is 0 Å². The first kappa shape index (κ1) is 77.5.